The molecule has 0 amide bonds. The second-order valence-corrected chi connectivity index (χ2v) is 6.56. The molecule has 0 bridgehead atoms. The zero-order valence-corrected chi connectivity index (χ0v) is 16.7. The highest BCUT2D eigenvalue weighted by molar-refractivity contribution is 5.78. The number of anilines is 3. The fourth-order valence-corrected chi connectivity index (χ4v) is 2.49. The molecule has 0 aliphatic rings. The number of nitrogen functional groups attached to an aromatic ring is 3. The summed E-state index contributed by atoms with van der Waals surface area (Å²) >= 11 is 0. The summed E-state index contributed by atoms with van der Waals surface area (Å²) in [6.45, 7) is 0. The number of hydrogen-bond donors (Lipinski definition) is 4. The summed E-state index contributed by atoms with van der Waals surface area (Å²) in [5.74, 6) is 0.144. The number of nitrogens with two attached hydrogens (primary N) is 3. The van der Waals surface area contributed by atoms with Crippen molar-refractivity contribution in [1.29, 1.82) is 0 Å². The summed E-state index contributed by atoms with van der Waals surface area (Å²) in [7, 11) is 1.73. The molecule has 0 aliphatic carbocycles. The second-order valence-electron chi connectivity index (χ2n) is 6.56. The van der Waals surface area contributed by atoms with Gasteiger partial charge in [0.25, 0.3) is 0 Å². The number of hydrogen-bond acceptors (Lipinski definition) is 7. The Balaban J connectivity index is 0.000000297. The van der Waals surface area contributed by atoms with E-state index in [4.69, 9.17) is 21.9 Å². The minimum atomic E-state index is -0.425. The van der Waals surface area contributed by atoms with E-state index in [0.717, 1.165) is 11.8 Å². The van der Waals surface area contributed by atoms with Crippen molar-refractivity contribution in [3.8, 4) is 5.75 Å². The van der Waals surface area contributed by atoms with E-state index in [0.29, 0.717) is 34.8 Å². The third-order valence-corrected chi connectivity index (χ3v) is 4.22. The number of ether oxygens (including phenoxy) is 1. The van der Waals surface area contributed by atoms with Gasteiger partial charge in [0.05, 0.1) is 0 Å². The number of benzene rings is 3. The van der Waals surface area contributed by atoms with Crippen LogP contribution in [0.15, 0.2) is 72.8 Å². The molecule has 0 radical (unpaired) electrons. The lowest BCUT2D eigenvalue weighted by Crippen LogP contribution is -2.39. The van der Waals surface area contributed by atoms with Gasteiger partial charge in [0.2, 0.25) is 0 Å². The van der Waals surface area contributed by atoms with E-state index >= 15 is 0 Å². The summed E-state index contributed by atoms with van der Waals surface area (Å²) in [6, 6.07) is 20.5. The number of carbonyl (C=O) groups excluding carboxylic acids is 2. The predicted molar refractivity (Wildman–Crippen MR) is 120 cm³/mol. The normalized spacial score (nSPS) is 11.0. The van der Waals surface area contributed by atoms with Gasteiger partial charge in [0, 0.05) is 22.6 Å². The van der Waals surface area contributed by atoms with Crippen LogP contribution in [0.3, 0.4) is 0 Å². The van der Waals surface area contributed by atoms with Gasteiger partial charge < -0.3 is 27.3 Å². The van der Waals surface area contributed by atoms with Crippen LogP contribution in [-0.2, 0) is 11.2 Å². The third kappa shape index (κ3) is 7.29. The fraction of sp³-hybridized carbons (Fsp3) is 0.130. The Morgan fingerprint density at radius 1 is 0.867 bits per heavy atom. The summed E-state index contributed by atoms with van der Waals surface area (Å²) in [4.78, 5) is 22.2. The number of nitrogens with one attached hydrogen (secondary N) is 1. The molecule has 1 atom stereocenters. The number of likely N-dealkylation sites (N-methyl/N-ethyl adjacent to an activating group) is 1. The fourth-order valence-electron chi connectivity index (χ4n) is 2.49. The van der Waals surface area contributed by atoms with E-state index in [1.54, 1.807) is 55.6 Å². The summed E-state index contributed by atoms with van der Waals surface area (Å²) < 4.78 is 5.34. The molecule has 3 rings (SSSR count). The Labute approximate surface area is 175 Å². The zero-order valence-electron chi connectivity index (χ0n) is 16.7. The molecule has 0 fully saturated rings. The van der Waals surface area contributed by atoms with Crippen LogP contribution >= 0.6 is 0 Å². The standard InChI is InChI=1S/C16H19N3O2.C7H7NO/c1-19-15(10-11-2-4-12(17)5-3-11)16(20)21-14-8-6-13(18)7-9-14;8-7-3-1-6(5-9)2-4-7/h2-9,15,19H,10,17-18H2,1H3;1-5H,8H2. The van der Waals surface area contributed by atoms with Gasteiger partial charge in [-0.1, -0.05) is 12.1 Å². The number of carbonyl (C=O) groups is 2. The van der Waals surface area contributed by atoms with Crippen LogP contribution in [0.4, 0.5) is 17.1 Å². The van der Waals surface area contributed by atoms with Crippen LogP contribution in [0, 0.1) is 0 Å². The maximum absolute atomic E-state index is 12.2. The molecule has 3 aromatic carbocycles. The molecule has 0 saturated carbocycles. The molecule has 30 heavy (non-hydrogen) atoms. The monoisotopic (exact) mass is 406 g/mol. The lowest BCUT2D eigenvalue weighted by Gasteiger charge is -2.15. The van der Waals surface area contributed by atoms with Gasteiger partial charge in [-0.05, 0) is 79.7 Å². The third-order valence-electron chi connectivity index (χ3n) is 4.22. The SMILES string of the molecule is CNC(Cc1ccc(N)cc1)C(=O)Oc1ccc(N)cc1.Nc1ccc(C=O)cc1. The first-order valence-electron chi connectivity index (χ1n) is 9.31. The van der Waals surface area contributed by atoms with Crippen molar-refractivity contribution in [2.24, 2.45) is 0 Å². The van der Waals surface area contributed by atoms with Crippen molar-refractivity contribution in [2.75, 3.05) is 24.2 Å². The van der Waals surface area contributed by atoms with Crippen molar-refractivity contribution in [3.63, 3.8) is 0 Å². The Morgan fingerprint density at radius 2 is 1.33 bits per heavy atom. The van der Waals surface area contributed by atoms with Crippen molar-refractivity contribution in [1.82, 2.24) is 5.32 Å². The van der Waals surface area contributed by atoms with Gasteiger partial charge in [-0.3, -0.25) is 4.79 Å². The lowest BCUT2D eigenvalue weighted by atomic mass is 10.1. The van der Waals surface area contributed by atoms with E-state index in [1.165, 1.54) is 0 Å². The van der Waals surface area contributed by atoms with E-state index in [-0.39, 0.29) is 5.97 Å². The molecule has 0 aliphatic heterocycles. The molecule has 7 nitrogen and oxygen atoms in total. The zero-order chi connectivity index (χ0) is 21.9. The summed E-state index contributed by atoms with van der Waals surface area (Å²) in [5, 5.41) is 2.97. The van der Waals surface area contributed by atoms with Crippen molar-refractivity contribution in [2.45, 2.75) is 12.5 Å². The summed E-state index contributed by atoms with van der Waals surface area (Å²) in [5.41, 5.74) is 20.3. The van der Waals surface area contributed by atoms with Crippen LogP contribution < -0.4 is 27.3 Å². The minimum Gasteiger partial charge on any atom is -0.425 e. The van der Waals surface area contributed by atoms with Gasteiger partial charge in [0.15, 0.2) is 0 Å². The maximum Gasteiger partial charge on any atom is 0.328 e. The van der Waals surface area contributed by atoms with Gasteiger partial charge >= 0.3 is 5.97 Å². The molecule has 3 aromatic rings. The molecule has 7 heteroatoms. The molecule has 7 N–H and O–H groups in total. The topological polar surface area (TPSA) is 133 Å². The van der Waals surface area contributed by atoms with E-state index in [2.05, 4.69) is 5.32 Å². The van der Waals surface area contributed by atoms with Gasteiger partial charge in [0.1, 0.15) is 18.1 Å². The number of aldehydes is 1. The van der Waals surface area contributed by atoms with Crippen LogP contribution in [0.5, 0.6) is 5.75 Å². The first-order valence-corrected chi connectivity index (χ1v) is 9.31. The lowest BCUT2D eigenvalue weighted by molar-refractivity contribution is -0.136. The molecular formula is C23H26N4O3. The van der Waals surface area contributed by atoms with Crippen molar-refractivity contribution < 1.29 is 14.3 Å². The largest absolute Gasteiger partial charge is 0.425 e. The second kappa shape index (κ2) is 11.2. The van der Waals surface area contributed by atoms with Gasteiger partial charge in [-0.15, -0.1) is 0 Å². The van der Waals surface area contributed by atoms with Crippen LogP contribution in [0.25, 0.3) is 0 Å². The molecule has 1 unspecified atom stereocenters. The predicted octanol–water partition coefficient (Wildman–Crippen LogP) is 2.67. The highest BCUT2D eigenvalue weighted by Gasteiger charge is 2.19. The quantitative estimate of drug-likeness (QED) is 0.214. The Bertz CT molecular complexity index is 940. The molecule has 0 saturated heterocycles. The average Bonchev–Trinajstić information content (AvgIpc) is 2.76. The van der Waals surface area contributed by atoms with Crippen LogP contribution in [0.1, 0.15) is 15.9 Å². The van der Waals surface area contributed by atoms with Gasteiger partial charge in [-0.25, -0.2) is 4.79 Å². The highest BCUT2D eigenvalue weighted by Crippen LogP contribution is 2.15. The molecule has 156 valence electrons. The van der Waals surface area contributed by atoms with Gasteiger partial charge in [-0.2, -0.15) is 0 Å². The number of esters is 1. The highest BCUT2D eigenvalue weighted by atomic mass is 16.5. The first-order chi connectivity index (χ1) is 14.4. The number of rotatable bonds is 6. The smallest absolute Gasteiger partial charge is 0.328 e. The molecular weight excluding hydrogens is 380 g/mol. The van der Waals surface area contributed by atoms with E-state index in [1.807, 2.05) is 24.3 Å². The maximum atomic E-state index is 12.2. The Morgan fingerprint density at radius 3 is 1.80 bits per heavy atom. The van der Waals surface area contributed by atoms with E-state index < -0.39 is 6.04 Å². The first kappa shape index (κ1) is 22.4. The summed E-state index contributed by atoms with van der Waals surface area (Å²) in [6.07, 6.45) is 1.32. The minimum absolute atomic E-state index is 0.334. The van der Waals surface area contributed by atoms with Crippen LogP contribution in [-0.4, -0.2) is 25.3 Å². The molecule has 0 spiro atoms. The average molecular weight is 406 g/mol. The molecule has 0 heterocycles. The molecule has 0 aromatic heterocycles. The van der Waals surface area contributed by atoms with E-state index in [9.17, 15) is 9.59 Å². The van der Waals surface area contributed by atoms with Crippen molar-refractivity contribution in [3.05, 3.63) is 83.9 Å². The van der Waals surface area contributed by atoms with Crippen LogP contribution in [0.2, 0.25) is 0 Å². The Hall–Kier alpha value is -3.84. The Kier molecular flexibility index (Phi) is 8.40. The van der Waals surface area contributed by atoms with Crippen molar-refractivity contribution >= 4 is 29.3 Å².